The smallest absolute Gasteiger partial charge is 0.354 e. The molecule has 0 aliphatic carbocycles. The third-order valence-corrected chi connectivity index (χ3v) is 2.91. The number of esters is 1. The summed E-state index contributed by atoms with van der Waals surface area (Å²) in [5, 5.41) is 0. The molecule has 1 aromatic carbocycles. The SMILES string of the molecule is CCOC(=O)c1cc(-c2ccc(OC)cc2)cn1C. The fourth-order valence-corrected chi connectivity index (χ4v) is 1.91. The Labute approximate surface area is 112 Å². The Morgan fingerprint density at radius 2 is 1.89 bits per heavy atom. The van der Waals surface area contributed by atoms with E-state index >= 15 is 0 Å². The zero-order valence-corrected chi connectivity index (χ0v) is 11.3. The molecule has 0 spiro atoms. The summed E-state index contributed by atoms with van der Waals surface area (Å²) in [5.41, 5.74) is 2.56. The van der Waals surface area contributed by atoms with Crippen LogP contribution in [-0.4, -0.2) is 24.3 Å². The van der Waals surface area contributed by atoms with E-state index in [0.717, 1.165) is 16.9 Å². The monoisotopic (exact) mass is 259 g/mol. The van der Waals surface area contributed by atoms with Crippen LogP contribution in [0.1, 0.15) is 17.4 Å². The Hall–Kier alpha value is -2.23. The summed E-state index contributed by atoms with van der Waals surface area (Å²) in [6.45, 7) is 2.17. The number of aromatic nitrogens is 1. The second-order valence-corrected chi connectivity index (χ2v) is 4.17. The van der Waals surface area contributed by atoms with E-state index < -0.39 is 0 Å². The minimum atomic E-state index is -0.301. The molecule has 4 nitrogen and oxygen atoms in total. The Kier molecular flexibility index (Phi) is 3.90. The molecule has 100 valence electrons. The van der Waals surface area contributed by atoms with Crippen LogP contribution in [0.15, 0.2) is 36.5 Å². The van der Waals surface area contributed by atoms with Crippen LogP contribution in [0.25, 0.3) is 11.1 Å². The van der Waals surface area contributed by atoms with Crippen LogP contribution in [0.5, 0.6) is 5.75 Å². The van der Waals surface area contributed by atoms with Crippen molar-refractivity contribution in [2.24, 2.45) is 7.05 Å². The molecule has 0 radical (unpaired) electrons. The fourth-order valence-electron chi connectivity index (χ4n) is 1.91. The highest BCUT2D eigenvalue weighted by Gasteiger charge is 2.13. The van der Waals surface area contributed by atoms with E-state index in [1.165, 1.54) is 0 Å². The van der Waals surface area contributed by atoms with E-state index in [4.69, 9.17) is 9.47 Å². The normalized spacial score (nSPS) is 10.3. The number of methoxy groups -OCH3 is 1. The van der Waals surface area contributed by atoms with E-state index in [0.29, 0.717) is 12.3 Å². The molecule has 0 unspecified atom stereocenters. The summed E-state index contributed by atoms with van der Waals surface area (Å²) in [6, 6.07) is 9.55. The maximum Gasteiger partial charge on any atom is 0.354 e. The van der Waals surface area contributed by atoms with Gasteiger partial charge in [0.25, 0.3) is 0 Å². The molecular weight excluding hydrogens is 242 g/mol. The van der Waals surface area contributed by atoms with Gasteiger partial charge in [-0.2, -0.15) is 0 Å². The zero-order valence-electron chi connectivity index (χ0n) is 11.3. The van der Waals surface area contributed by atoms with Crippen molar-refractivity contribution >= 4 is 5.97 Å². The number of hydrogen-bond acceptors (Lipinski definition) is 3. The number of benzene rings is 1. The van der Waals surface area contributed by atoms with Crippen molar-refractivity contribution in [1.82, 2.24) is 4.57 Å². The van der Waals surface area contributed by atoms with Crippen LogP contribution in [0, 0.1) is 0 Å². The highest BCUT2D eigenvalue weighted by atomic mass is 16.5. The van der Waals surface area contributed by atoms with Gasteiger partial charge in [0, 0.05) is 18.8 Å². The molecule has 0 amide bonds. The molecule has 0 atom stereocenters. The van der Waals surface area contributed by atoms with Crippen molar-refractivity contribution < 1.29 is 14.3 Å². The summed E-state index contributed by atoms with van der Waals surface area (Å²) in [7, 11) is 3.47. The lowest BCUT2D eigenvalue weighted by Gasteiger charge is -2.01. The summed E-state index contributed by atoms with van der Waals surface area (Å²) < 4.78 is 11.9. The second-order valence-electron chi connectivity index (χ2n) is 4.17. The molecule has 1 heterocycles. The van der Waals surface area contributed by atoms with Crippen LogP contribution in [-0.2, 0) is 11.8 Å². The minimum Gasteiger partial charge on any atom is -0.497 e. The van der Waals surface area contributed by atoms with Gasteiger partial charge in [0.15, 0.2) is 0 Å². The van der Waals surface area contributed by atoms with Crippen molar-refractivity contribution in [3.8, 4) is 16.9 Å². The van der Waals surface area contributed by atoms with E-state index in [1.807, 2.05) is 43.6 Å². The number of hydrogen-bond donors (Lipinski definition) is 0. The molecule has 2 aromatic rings. The zero-order chi connectivity index (χ0) is 13.8. The third-order valence-electron chi connectivity index (χ3n) is 2.91. The number of nitrogens with zero attached hydrogens (tertiary/aromatic N) is 1. The van der Waals surface area contributed by atoms with Crippen molar-refractivity contribution in [2.75, 3.05) is 13.7 Å². The maximum absolute atomic E-state index is 11.7. The first-order valence-electron chi connectivity index (χ1n) is 6.13. The van der Waals surface area contributed by atoms with Crippen LogP contribution in [0.2, 0.25) is 0 Å². The predicted octanol–water partition coefficient (Wildman–Crippen LogP) is 2.88. The lowest BCUT2D eigenvalue weighted by atomic mass is 10.1. The number of aryl methyl sites for hydroxylation is 1. The van der Waals surface area contributed by atoms with Gasteiger partial charge < -0.3 is 14.0 Å². The molecule has 0 aliphatic rings. The molecular formula is C15H17NO3. The van der Waals surface area contributed by atoms with Gasteiger partial charge in [0.05, 0.1) is 13.7 Å². The van der Waals surface area contributed by atoms with Gasteiger partial charge in [-0.1, -0.05) is 12.1 Å². The summed E-state index contributed by atoms with van der Waals surface area (Å²) in [6.07, 6.45) is 1.91. The molecule has 0 saturated carbocycles. The molecule has 0 aliphatic heterocycles. The van der Waals surface area contributed by atoms with Gasteiger partial charge >= 0.3 is 5.97 Å². The minimum absolute atomic E-state index is 0.301. The van der Waals surface area contributed by atoms with Crippen LogP contribution in [0.4, 0.5) is 0 Å². The first-order valence-corrected chi connectivity index (χ1v) is 6.13. The third kappa shape index (κ3) is 2.78. The van der Waals surface area contributed by atoms with Gasteiger partial charge in [-0.3, -0.25) is 0 Å². The molecule has 0 saturated heterocycles. The topological polar surface area (TPSA) is 40.5 Å². The van der Waals surface area contributed by atoms with Gasteiger partial charge in [-0.25, -0.2) is 4.79 Å². The van der Waals surface area contributed by atoms with Crippen molar-refractivity contribution in [1.29, 1.82) is 0 Å². The molecule has 2 rings (SSSR count). The Bertz CT molecular complexity index is 570. The van der Waals surface area contributed by atoms with Crippen LogP contribution < -0.4 is 4.74 Å². The first kappa shape index (κ1) is 13.2. The molecule has 4 heteroatoms. The lowest BCUT2D eigenvalue weighted by molar-refractivity contribution is 0.0515. The number of carbonyl (C=O) groups is 1. The van der Waals surface area contributed by atoms with Gasteiger partial charge in [-0.05, 0) is 30.7 Å². The molecule has 0 N–H and O–H groups in total. The fraction of sp³-hybridized carbons (Fsp3) is 0.267. The average Bonchev–Trinajstić information content (AvgIpc) is 2.81. The quantitative estimate of drug-likeness (QED) is 0.793. The van der Waals surface area contributed by atoms with E-state index in [2.05, 4.69) is 0 Å². The number of ether oxygens (including phenoxy) is 2. The summed E-state index contributed by atoms with van der Waals surface area (Å²) in [5.74, 6) is 0.509. The molecule has 1 aromatic heterocycles. The van der Waals surface area contributed by atoms with Gasteiger partial charge in [-0.15, -0.1) is 0 Å². The van der Waals surface area contributed by atoms with E-state index in [9.17, 15) is 4.79 Å². The standard InChI is InChI=1S/C15H17NO3/c1-4-19-15(17)14-9-12(10-16(14)2)11-5-7-13(18-3)8-6-11/h5-10H,4H2,1-3H3. The first-order chi connectivity index (χ1) is 9.15. The Balaban J connectivity index is 2.30. The van der Waals surface area contributed by atoms with Crippen molar-refractivity contribution in [3.05, 3.63) is 42.2 Å². The molecule has 0 fully saturated rings. The largest absolute Gasteiger partial charge is 0.497 e. The average molecular weight is 259 g/mol. The number of carbonyl (C=O) groups excluding carboxylic acids is 1. The van der Waals surface area contributed by atoms with E-state index in [1.54, 1.807) is 18.6 Å². The van der Waals surface area contributed by atoms with Gasteiger partial charge in [0.2, 0.25) is 0 Å². The predicted molar refractivity (Wildman–Crippen MR) is 73.4 cm³/mol. The molecule has 19 heavy (non-hydrogen) atoms. The van der Waals surface area contributed by atoms with Crippen molar-refractivity contribution in [2.45, 2.75) is 6.92 Å². The highest BCUT2D eigenvalue weighted by Crippen LogP contribution is 2.24. The van der Waals surface area contributed by atoms with Crippen molar-refractivity contribution in [3.63, 3.8) is 0 Å². The lowest BCUT2D eigenvalue weighted by Crippen LogP contribution is -2.08. The summed E-state index contributed by atoms with van der Waals surface area (Å²) in [4.78, 5) is 11.7. The van der Waals surface area contributed by atoms with E-state index in [-0.39, 0.29) is 5.97 Å². The Morgan fingerprint density at radius 1 is 1.21 bits per heavy atom. The maximum atomic E-state index is 11.7. The van der Waals surface area contributed by atoms with Crippen LogP contribution >= 0.6 is 0 Å². The second kappa shape index (κ2) is 5.61. The number of rotatable bonds is 4. The highest BCUT2D eigenvalue weighted by molar-refractivity contribution is 5.89. The van der Waals surface area contributed by atoms with Crippen LogP contribution in [0.3, 0.4) is 0 Å². The Morgan fingerprint density at radius 3 is 2.47 bits per heavy atom. The van der Waals surface area contributed by atoms with Gasteiger partial charge in [0.1, 0.15) is 11.4 Å². The molecule has 0 bridgehead atoms. The summed E-state index contributed by atoms with van der Waals surface area (Å²) >= 11 is 0.